The largest absolute Gasteiger partial charge is 0.490 e. The van der Waals surface area contributed by atoms with Crippen molar-refractivity contribution in [3.8, 4) is 5.75 Å². The van der Waals surface area contributed by atoms with Crippen LogP contribution in [-0.2, 0) is 4.74 Å². The summed E-state index contributed by atoms with van der Waals surface area (Å²) in [4.78, 5) is 22.2. The number of carbonyl (C=O) groups is 1. The van der Waals surface area contributed by atoms with Crippen LogP contribution in [0.5, 0.6) is 5.75 Å². The average molecular weight is 338 g/mol. The van der Waals surface area contributed by atoms with Crippen molar-refractivity contribution in [1.29, 1.82) is 0 Å². The van der Waals surface area contributed by atoms with E-state index < -0.39 is 5.60 Å². The van der Waals surface area contributed by atoms with Crippen molar-refractivity contribution < 1.29 is 14.3 Å². The first kappa shape index (κ1) is 18.1. The minimum Gasteiger partial charge on any atom is -0.490 e. The van der Waals surface area contributed by atoms with Gasteiger partial charge in [0.05, 0.1) is 7.11 Å². The zero-order valence-electron chi connectivity index (χ0n) is 14.6. The summed E-state index contributed by atoms with van der Waals surface area (Å²) in [5, 5.41) is 3.30. The number of piperidine rings is 1. The monoisotopic (exact) mass is 338 g/mol. The lowest BCUT2D eigenvalue weighted by atomic mass is 10.1. The molecule has 0 bridgehead atoms. The molecule has 1 amide bonds. The van der Waals surface area contributed by atoms with Crippen molar-refractivity contribution in [3.05, 3.63) is 6.33 Å². The molecule has 0 aliphatic carbocycles. The topological polar surface area (TPSA) is 115 Å². The van der Waals surface area contributed by atoms with E-state index in [9.17, 15) is 4.79 Å². The van der Waals surface area contributed by atoms with E-state index >= 15 is 0 Å². The van der Waals surface area contributed by atoms with Crippen LogP contribution in [0.1, 0.15) is 33.6 Å². The van der Waals surface area contributed by atoms with E-state index in [-0.39, 0.29) is 12.1 Å². The van der Waals surface area contributed by atoms with Crippen LogP contribution < -0.4 is 21.3 Å². The summed E-state index contributed by atoms with van der Waals surface area (Å²) in [7, 11) is 1.53. The van der Waals surface area contributed by atoms with Crippen LogP contribution in [0.3, 0.4) is 0 Å². The van der Waals surface area contributed by atoms with Crippen molar-refractivity contribution in [1.82, 2.24) is 14.9 Å². The summed E-state index contributed by atoms with van der Waals surface area (Å²) in [6, 6.07) is 0.0423. The Balaban J connectivity index is 2.05. The van der Waals surface area contributed by atoms with E-state index in [1.807, 2.05) is 20.8 Å². The third-order valence-corrected chi connectivity index (χ3v) is 3.56. The second-order valence-corrected chi connectivity index (χ2v) is 6.66. The zero-order valence-corrected chi connectivity index (χ0v) is 14.6. The van der Waals surface area contributed by atoms with Crippen LogP contribution in [0, 0.1) is 0 Å². The summed E-state index contributed by atoms with van der Waals surface area (Å²) in [6.45, 7) is 6.80. The molecule has 1 aromatic rings. The molecule has 24 heavy (non-hydrogen) atoms. The summed E-state index contributed by atoms with van der Waals surface area (Å²) >= 11 is 0. The van der Waals surface area contributed by atoms with Crippen LogP contribution in [0.2, 0.25) is 0 Å². The van der Waals surface area contributed by atoms with Crippen molar-refractivity contribution >= 4 is 17.7 Å². The molecule has 0 radical (unpaired) electrons. The second-order valence-electron chi connectivity index (χ2n) is 6.66. The van der Waals surface area contributed by atoms with Gasteiger partial charge < -0.3 is 25.1 Å². The quantitative estimate of drug-likeness (QED) is 0.560. The number of nitrogen functional groups attached to an aromatic ring is 1. The number of nitrogens with zero attached hydrogens (tertiary/aromatic N) is 3. The molecule has 1 fully saturated rings. The van der Waals surface area contributed by atoms with Crippen molar-refractivity contribution in [2.45, 2.75) is 45.3 Å². The fourth-order valence-electron chi connectivity index (χ4n) is 2.55. The summed E-state index contributed by atoms with van der Waals surface area (Å²) in [5.41, 5.74) is 1.97. The van der Waals surface area contributed by atoms with Gasteiger partial charge in [-0.05, 0) is 33.6 Å². The standard InChI is InChI=1S/C15H26N6O3/c1-15(2,3)24-14(22)21-7-5-6-10(8-21)19-12-11(23-4)13(20-16)18-9-17-12/h9-10H,5-8,16H2,1-4H3,(H2,17,18,19,20)/t10-/m0/s1. The number of ether oxygens (including phenoxy) is 2. The second kappa shape index (κ2) is 7.52. The minimum atomic E-state index is -0.505. The Morgan fingerprint density at radius 2 is 2.08 bits per heavy atom. The molecule has 1 atom stereocenters. The highest BCUT2D eigenvalue weighted by atomic mass is 16.6. The number of anilines is 2. The molecular weight excluding hydrogens is 312 g/mol. The molecule has 2 rings (SSSR count). The molecule has 1 aliphatic rings. The number of rotatable bonds is 4. The lowest BCUT2D eigenvalue weighted by Gasteiger charge is -2.34. The highest BCUT2D eigenvalue weighted by Crippen LogP contribution is 2.29. The van der Waals surface area contributed by atoms with E-state index in [0.29, 0.717) is 30.5 Å². The average Bonchev–Trinajstić information content (AvgIpc) is 2.53. The van der Waals surface area contributed by atoms with E-state index in [1.165, 1.54) is 13.4 Å². The first-order valence-electron chi connectivity index (χ1n) is 7.94. The van der Waals surface area contributed by atoms with Gasteiger partial charge in [0.15, 0.2) is 11.6 Å². The van der Waals surface area contributed by atoms with Crippen LogP contribution in [0.4, 0.5) is 16.4 Å². The first-order valence-corrected chi connectivity index (χ1v) is 7.94. The third-order valence-electron chi connectivity index (χ3n) is 3.56. The van der Waals surface area contributed by atoms with Gasteiger partial charge in [-0.25, -0.2) is 20.6 Å². The van der Waals surface area contributed by atoms with Crippen LogP contribution in [0.15, 0.2) is 6.33 Å². The lowest BCUT2D eigenvalue weighted by molar-refractivity contribution is 0.0206. The fourth-order valence-corrected chi connectivity index (χ4v) is 2.55. The Kier molecular flexibility index (Phi) is 5.66. The van der Waals surface area contributed by atoms with E-state index in [4.69, 9.17) is 15.3 Å². The van der Waals surface area contributed by atoms with Crippen LogP contribution in [-0.4, -0.2) is 52.8 Å². The van der Waals surface area contributed by atoms with Crippen LogP contribution in [0.25, 0.3) is 0 Å². The molecule has 9 heteroatoms. The maximum Gasteiger partial charge on any atom is 0.410 e. The highest BCUT2D eigenvalue weighted by Gasteiger charge is 2.28. The number of hydrogen-bond donors (Lipinski definition) is 3. The zero-order chi connectivity index (χ0) is 17.7. The Morgan fingerprint density at radius 1 is 1.38 bits per heavy atom. The Bertz CT molecular complexity index is 575. The molecule has 0 unspecified atom stereocenters. The number of likely N-dealkylation sites (tertiary alicyclic amines) is 1. The summed E-state index contributed by atoms with van der Waals surface area (Å²) in [6.07, 6.45) is 2.89. The molecule has 1 saturated heterocycles. The van der Waals surface area contributed by atoms with E-state index in [1.54, 1.807) is 4.90 Å². The van der Waals surface area contributed by atoms with Gasteiger partial charge in [0.1, 0.15) is 11.9 Å². The summed E-state index contributed by atoms with van der Waals surface area (Å²) < 4.78 is 10.8. The SMILES string of the molecule is COc1c(NN)ncnc1N[C@H]1CCCN(C(=O)OC(C)(C)C)C1. The molecule has 4 N–H and O–H groups in total. The van der Waals surface area contributed by atoms with Gasteiger partial charge in [-0.15, -0.1) is 0 Å². The number of hydrazine groups is 1. The molecule has 0 spiro atoms. The normalized spacial score (nSPS) is 18.0. The molecule has 9 nitrogen and oxygen atoms in total. The Labute approximate surface area is 141 Å². The predicted octanol–water partition coefficient (Wildman–Crippen LogP) is 1.58. The van der Waals surface area contributed by atoms with Gasteiger partial charge in [-0.3, -0.25) is 0 Å². The van der Waals surface area contributed by atoms with Crippen molar-refractivity contribution in [3.63, 3.8) is 0 Å². The Morgan fingerprint density at radius 3 is 2.71 bits per heavy atom. The molecule has 1 aliphatic heterocycles. The van der Waals surface area contributed by atoms with Gasteiger partial charge in [0, 0.05) is 19.1 Å². The lowest BCUT2D eigenvalue weighted by Crippen LogP contribution is -2.47. The summed E-state index contributed by atoms with van der Waals surface area (Å²) in [5.74, 6) is 6.81. The van der Waals surface area contributed by atoms with Gasteiger partial charge in [-0.2, -0.15) is 0 Å². The van der Waals surface area contributed by atoms with Crippen molar-refractivity contribution in [2.24, 2.45) is 5.84 Å². The maximum atomic E-state index is 12.2. The Hall–Kier alpha value is -2.29. The van der Waals surface area contributed by atoms with E-state index in [0.717, 1.165) is 12.8 Å². The number of amides is 1. The highest BCUT2D eigenvalue weighted by molar-refractivity contribution is 5.68. The molecular formula is C15H26N6O3. The third kappa shape index (κ3) is 4.60. The minimum absolute atomic E-state index is 0.0423. The smallest absolute Gasteiger partial charge is 0.410 e. The van der Waals surface area contributed by atoms with Crippen LogP contribution >= 0.6 is 0 Å². The number of carbonyl (C=O) groups excluding carboxylic acids is 1. The number of nitrogens with one attached hydrogen (secondary N) is 2. The van der Waals surface area contributed by atoms with Gasteiger partial charge in [0.25, 0.3) is 0 Å². The first-order chi connectivity index (χ1) is 11.3. The van der Waals surface area contributed by atoms with Gasteiger partial charge in [0.2, 0.25) is 5.75 Å². The van der Waals surface area contributed by atoms with Gasteiger partial charge in [-0.1, -0.05) is 0 Å². The molecule has 134 valence electrons. The van der Waals surface area contributed by atoms with E-state index in [2.05, 4.69) is 20.7 Å². The van der Waals surface area contributed by atoms with Gasteiger partial charge >= 0.3 is 6.09 Å². The predicted molar refractivity (Wildman–Crippen MR) is 90.8 cm³/mol. The fraction of sp³-hybridized carbons (Fsp3) is 0.667. The van der Waals surface area contributed by atoms with Crippen molar-refractivity contribution in [2.75, 3.05) is 30.9 Å². The maximum absolute atomic E-state index is 12.2. The molecule has 2 heterocycles. The number of methoxy groups -OCH3 is 1. The number of aromatic nitrogens is 2. The number of nitrogens with two attached hydrogens (primary N) is 1. The molecule has 0 aromatic carbocycles. The number of hydrogen-bond acceptors (Lipinski definition) is 8. The molecule has 1 aromatic heterocycles. The molecule has 0 saturated carbocycles.